The summed E-state index contributed by atoms with van der Waals surface area (Å²) in [5.74, 6) is -1.66. The standard InChI is InChI=1S/C9H20O2.2C7H6O2/c1-3-5-8(7-10)9(11)6-4-2;2*8-7(9)6-4-2-1-3-5-6/h8-11H,3-7H2,1-2H3;2*1-5H,(H,8,9). The molecule has 2 unspecified atom stereocenters. The van der Waals surface area contributed by atoms with E-state index in [0.717, 1.165) is 25.7 Å². The van der Waals surface area contributed by atoms with Crippen LogP contribution >= 0.6 is 0 Å². The van der Waals surface area contributed by atoms with Crippen LogP contribution in [-0.4, -0.2) is 45.1 Å². The van der Waals surface area contributed by atoms with Gasteiger partial charge in [0.15, 0.2) is 0 Å². The van der Waals surface area contributed by atoms with Crippen molar-refractivity contribution in [1.82, 2.24) is 0 Å². The number of carboxylic acid groups (broad SMARTS) is 2. The van der Waals surface area contributed by atoms with Crippen LogP contribution in [0.4, 0.5) is 0 Å². The highest BCUT2D eigenvalue weighted by Crippen LogP contribution is 2.14. The monoisotopic (exact) mass is 404 g/mol. The van der Waals surface area contributed by atoms with E-state index in [4.69, 9.17) is 15.3 Å². The van der Waals surface area contributed by atoms with Gasteiger partial charge in [0.2, 0.25) is 0 Å². The van der Waals surface area contributed by atoms with Crippen molar-refractivity contribution in [3.05, 3.63) is 71.8 Å². The van der Waals surface area contributed by atoms with Crippen molar-refractivity contribution < 1.29 is 30.0 Å². The molecule has 0 aromatic heterocycles. The molecular weight excluding hydrogens is 372 g/mol. The molecule has 0 fully saturated rings. The van der Waals surface area contributed by atoms with Gasteiger partial charge in [-0.25, -0.2) is 9.59 Å². The van der Waals surface area contributed by atoms with Gasteiger partial charge < -0.3 is 20.4 Å². The first-order valence-electron chi connectivity index (χ1n) is 9.72. The van der Waals surface area contributed by atoms with E-state index in [1.807, 2.05) is 6.92 Å². The van der Waals surface area contributed by atoms with Crippen molar-refractivity contribution in [3.63, 3.8) is 0 Å². The molecule has 0 saturated heterocycles. The van der Waals surface area contributed by atoms with E-state index in [-0.39, 0.29) is 18.6 Å². The fourth-order valence-corrected chi connectivity index (χ4v) is 2.47. The second kappa shape index (κ2) is 16.3. The van der Waals surface area contributed by atoms with E-state index in [1.54, 1.807) is 60.7 Å². The SMILES string of the molecule is CCCC(O)C(CO)CCC.O=C(O)c1ccccc1.O=C(O)c1ccccc1. The Labute approximate surface area is 172 Å². The molecule has 0 saturated carbocycles. The summed E-state index contributed by atoms with van der Waals surface area (Å²) < 4.78 is 0. The maximum atomic E-state index is 10.2. The number of carboxylic acids is 2. The lowest BCUT2D eigenvalue weighted by molar-refractivity contribution is 0.0553. The molecule has 2 atom stereocenters. The molecule has 6 nitrogen and oxygen atoms in total. The minimum atomic E-state index is -0.879. The fourth-order valence-electron chi connectivity index (χ4n) is 2.47. The number of hydrogen-bond acceptors (Lipinski definition) is 4. The van der Waals surface area contributed by atoms with Crippen molar-refractivity contribution in [2.75, 3.05) is 6.61 Å². The largest absolute Gasteiger partial charge is 0.478 e. The minimum absolute atomic E-state index is 0.0972. The van der Waals surface area contributed by atoms with Crippen molar-refractivity contribution >= 4 is 11.9 Å². The Morgan fingerprint density at radius 3 is 1.38 bits per heavy atom. The van der Waals surface area contributed by atoms with Gasteiger partial charge in [-0.2, -0.15) is 0 Å². The van der Waals surface area contributed by atoms with Crippen LogP contribution < -0.4 is 0 Å². The van der Waals surface area contributed by atoms with Crippen molar-refractivity contribution in [1.29, 1.82) is 0 Å². The molecule has 6 heteroatoms. The summed E-state index contributed by atoms with van der Waals surface area (Å²) in [7, 11) is 0. The Hall–Kier alpha value is -2.70. The van der Waals surface area contributed by atoms with Gasteiger partial charge in [-0.15, -0.1) is 0 Å². The average Bonchev–Trinajstić information content (AvgIpc) is 2.74. The van der Waals surface area contributed by atoms with Gasteiger partial charge in [0, 0.05) is 12.5 Å². The van der Waals surface area contributed by atoms with E-state index in [9.17, 15) is 14.7 Å². The quantitative estimate of drug-likeness (QED) is 0.521. The van der Waals surface area contributed by atoms with E-state index in [0.29, 0.717) is 11.1 Å². The van der Waals surface area contributed by atoms with Crippen LogP contribution in [0.25, 0.3) is 0 Å². The topological polar surface area (TPSA) is 115 Å². The molecule has 0 aliphatic carbocycles. The molecule has 0 aliphatic rings. The molecule has 0 bridgehead atoms. The summed E-state index contributed by atoms with van der Waals surface area (Å²) in [4.78, 5) is 20.4. The van der Waals surface area contributed by atoms with Crippen LogP contribution in [0, 0.1) is 5.92 Å². The second-order valence-corrected chi connectivity index (χ2v) is 6.43. The van der Waals surface area contributed by atoms with Crippen LogP contribution in [0.1, 0.15) is 60.2 Å². The smallest absolute Gasteiger partial charge is 0.335 e. The predicted octanol–water partition coefficient (Wildman–Crippen LogP) is 4.33. The molecular formula is C23H32O6. The summed E-state index contributed by atoms with van der Waals surface area (Å²) >= 11 is 0. The molecule has 29 heavy (non-hydrogen) atoms. The molecule has 2 aromatic rings. The minimum Gasteiger partial charge on any atom is -0.478 e. The van der Waals surface area contributed by atoms with Crippen molar-refractivity contribution in [2.45, 2.75) is 45.6 Å². The zero-order valence-corrected chi connectivity index (χ0v) is 17.1. The Bertz CT molecular complexity index is 623. The van der Waals surface area contributed by atoms with E-state index >= 15 is 0 Å². The summed E-state index contributed by atoms with van der Waals surface area (Å²) in [6.45, 7) is 4.24. The summed E-state index contributed by atoms with van der Waals surface area (Å²) in [6.07, 6.45) is 3.46. The van der Waals surface area contributed by atoms with Gasteiger partial charge in [-0.1, -0.05) is 63.1 Å². The third kappa shape index (κ3) is 12.4. The van der Waals surface area contributed by atoms with Gasteiger partial charge in [-0.05, 0) is 37.1 Å². The lowest BCUT2D eigenvalue weighted by atomic mass is 9.95. The van der Waals surface area contributed by atoms with Crippen molar-refractivity contribution in [2.24, 2.45) is 5.92 Å². The van der Waals surface area contributed by atoms with Crippen LogP contribution in [-0.2, 0) is 0 Å². The third-order valence-electron chi connectivity index (χ3n) is 4.06. The fraction of sp³-hybridized carbons (Fsp3) is 0.391. The van der Waals surface area contributed by atoms with Crippen LogP contribution in [0.2, 0.25) is 0 Å². The molecule has 0 aliphatic heterocycles. The molecule has 2 aromatic carbocycles. The second-order valence-electron chi connectivity index (χ2n) is 6.43. The maximum absolute atomic E-state index is 10.2. The number of benzene rings is 2. The summed E-state index contributed by atoms with van der Waals surface area (Å²) in [5.41, 5.74) is 0.662. The van der Waals surface area contributed by atoms with Gasteiger partial charge in [-0.3, -0.25) is 0 Å². The summed E-state index contributed by atoms with van der Waals surface area (Å²) in [5, 5.41) is 35.1. The van der Waals surface area contributed by atoms with Gasteiger partial charge in [0.25, 0.3) is 0 Å². The number of aliphatic hydroxyl groups is 2. The normalized spacial score (nSPS) is 11.7. The van der Waals surface area contributed by atoms with E-state index < -0.39 is 11.9 Å². The first-order chi connectivity index (χ1) is 13.9. The highest BCUT2D eigenvalue weighted by atomic mass is 16.4. The lowest BCUT2D eigenvalue weighted by Crippen LogP contribution is -2.23. The Balaban J connectivity index is 0.000000408. The molecule has 2 rings (SSSR count). The predicted molar refractivity (Wildman–Crippen MR) is 113 cm³/mol. The Kier molecular flexibility index (Phi) is 14.8. The van der Waals surface area contributed by atoms with Crippen molar-refractivity contribution in [3.8, 4) is 0 Å². The zero-order valence-electron chi connectivity index (χ0n) is 17.1. The first kappa shape index (κ1) is 26.3. The maximum Gasteiger partial charge on any atom is 0.335 e. The van der Waals surface area contributed by atoms with Gasteiger partial charge in [0.05, 0.1) is 17.2 Å². The molecule has 0 amide bonds. The highest BCUT2D eigenvalue weighted by Gasteiger charge is 2.15. The zero-order chi connectivity index (χ0) is 22.1. The molecule has 0 radical (unpaired) electrons. The number of carbonyl (C=O) groups is 2. The van der Waals surface area contributed by atoms with Crippen LogP contribution in [0.3, 0.4) is 0 Å². The van der Waals surface area contributed by atoms with Crippen LogP contribution in [0.5, 0.6) is 0 Å². The van der Waals surface area contributed by atoms with Gasteiger partial charge >= 0.3 is 11.9 Å². The molecule has 0 heterocycles. The number of hydrogen-bond donors (Lipinski definition) is 4. The number of rotatable bonds is 8. The Morgan fingerprint density at radius 2 is 1.14 bits per heavy atom. The molecule has 0 spiro atoms. The van der Waals surface area contributed by atoms with E-state index in [2.05, 4.69) is 6.92 Å². The van der Waals surface area contributed by atoms with Crippen LogP contribution in [0.15, 0.2) is 60.7 Å². The molecule has 4 N–H and O–H groups in total. The Morgan fingerprint density at radius 1 is 0.759 bits per heavy atom. The lowest BCUT2D eigenvalue weighted by Gasteiger charge is -2.19. The summed E-state index contributed by atoms with van der Waals surface area (Å²) in [6, 6.07) is 16.6. The van der Waals surface area contributed by atoms with E-state index in [1.165, 1.54) is 0 Å². The number of aromatic carboxylic acids is 2. The molecule has 160 valence electrons. The highest BCUT2D eigenvalue weighted by molar-refractivity contribution is 5.87. The van der Waals surface area contributed by atoms with Gasteiger partial charge in [0.1, 0.15) is 0 Å². The first-order valence-corrected chi connectivity index (χ1v) is 9.72. The average molecular weight is 405 g/mol. The number of aliphatic hydroxyl groups excluding tert-OH is 2. The third-order valence-corrected chi connectivity index (χ3v) is 4.06.